The first-order valence-electron chi connectivity index (χ1n) is 3.88. The molecule has 0 aromatic carbocycles. The van der Waals surface area contributed by atoms with Crippen molar-refractivity contribution in [1.29, 1.82) is 0 Å². The Kier molecular flexibility index (Phi) is 3.23. The van der Waals surface area contributed by atoms with Crippen LogP contribution >= 0.6 is 11.6 Å². The summed E-state index contributed by atoms with van der Waals surface area (Å²) in [4.78, 5) is 14.5. The first-order chi connectivity index (χ1) is 5.79. The molecular weight excluding hydrogens is 174 g/mol. The van der Waals surface area contributed by atoms with E-state index >= 15 is 0 Å². The minimum absolute atomic E-state index is 0.462. The van der Waals surface area contributed by atoms with E-state index in [1.807, 2.05) is 6.92 Å². The Morgan fingerprint density at radius 2 is 2.42 bits per heavy atom. The molecule has 0 aliphatic rings. The summed E-state index contributed by atoms with van der Waals surface area (Å²) in [5.74, 6) is 0. The Labute approximate surface area is 76.6 Å². The highest BCUT2D eigenvalue weighted by Crippen LogP contribution is 2.18. The van der Waals surface area contributed by atoms with Gasteiger partial charge in [0.2, 0.25) is 0 Å². The van der Waals surface area contributed by atoms with Crippen LogP contribution in [0.3, 0.4) is 0 Å². The van der Waals surface area contributed by atoms with Gasteiger partial charge in [-0.3, -0.25) is 9.78 Å². The van der Waals surface area contributed by atoms with E-state index in [1.54, 1.807) is 12.3 Å². The van der Waals surface area contributed by atoms with Crippen LogP contribution < -0.4 is 0 Å². The lowest BCUT2D eigenvalue weighted by Crippen LogP contribution is -1.96. The maximum absolute atomic E-state index is 10.5. The average molecular weight is 184 g/mol. The molecule has 1 aromatic heterocycles. The van der Waals surface area contributed by atoms with E-state index in [-0.39, 0.29) is 0 Å². The summed E-state index contributed by atoms with van der Waals surface area (Å²) in [6, 6.07) is 1.71. The fraction of sp³-hybridized carbons (Fsp3) is 0.333. The number of hydrogen-bond acceptors (Lipinski definition) is 2. The number of hydrogen-bond donors (Lipinski definition) is 0. The van der Waals surface area contributed by atoms with Crippen molar-refractivity contribution in [3.8, 4) is 0 Å². The first kappa shape index (κ1) is 9.20. The number of aromatic nitrogens is 1. The molecule has 3 heteroatoms. The zero-order valence-electron chi connectivity index (χ0n) is 6.88. The molecular formula is C9H10ClNO. The normalized spacial score (nSPS) is 9.83. The molecule has 0 aliphatic heterocycles. The lowest BCUT2D eigenvalue weighted by Gasteiger charge is -2.03. The summed E-state index contributed by atoms with van der Waals surface area (Å²) in [5, 5.41) is 0.633. The Balaban J connectivity index is 3.10. The smallest absolute Gasteiger partial charge is 0.168 e. The second-order valence-corrected chi connectivity index (χ2v) is 2.93. The molecule has 0 saturated carbocycles. The van der Waals surface area contributed by atoms with Gasteiger partial charge in [0, 0.05) is 11.2 Å². The van der Waals surface area contributed by atoms with E-state index in [2.05, 4.69) is 4.98 Å². The van der Waals surface area contributed by atoms with Crippen LogP contribution in [0.4, 0.5) is 0 Å². The van der Waals surface area contributed by atoms with Crippen molar-refractivity contribution in [2.24, 2.45) is 0 Å². The number of carbonyl (C=O) groups is 1. The number of aldehydes is 1. The number of carbonyl (C=O) groups excluding carboxylic acids is 1. The maximum atomic E-state index is 10.5. The van der Waals surface area contributed by atoms with E-state index in [9.17, 15) is 4.79 Å². The van der Waals surface area contributed by atoms with Crippen molar-refractivity contribution in [1.82, 2.24) is 4.98 Å². The largest absolute Gasteiger partial charge is 0.296 e. The zero-order chi connectivity index (χ0) is 8.97. The predicted molar refractivity (Wildman–Crippen MR) is 48.6 cm³/mol. The number of halogens is 1. The summed E-state index contributed by atoms with van der Waals surface area (Å²) < 4.78 is 0. The molecule has 0 saturated heterocycles. The van der Waals surface area contributed by atoms with Crippen molar-refractivity contribution >= 4 is 17.9 Å². The quantitative estimate of drug-likeness (QED) is 0.674. The highest BCUT2D eigenvalue weighted by atomic mass is 35.5. The van der Waals surface area contributed by atoms with Crippen LogP contribution in [0, 0.1) is 0 Å². The Bertz CT molecular complexity index is 286. The van der Waals surface area contributed by atoms with Crippen molar-refractivity contribution in [2.45, 2.75) is 19.8 Å². The van der Waals surface area contributed by atoms with Gasteiger partial charge in [-0.05, 0) is 18.1 Å². The van der Waals surface area contributed by atoms with Gasteiger partial charge in [-0.15, -0.1) is 0 Å². The monoisotopic (exact) mass is 183 g/mol. The van der Waals surface area contributed by atoms with Crippen molar-refractivity contribution < 1.29 is 4.79 Å². The lowest BCUT2D eigenvalue weighted by atomic mass is 10.1. The minimum atomic E-state index is 0.462. The lowest BCUT2D eigenvalue weighted by molar-refractivity contribution is 0.111. The van der Waals surface area contributed by atoms with E-state index in [0.717, 1.165) is 24.7 Å². The summed E-state index contributed by atoms with van der Waals surface area (Å²) >= 11 is 5.89. The molecule has 64 valence electrons. The van der Waals surface area contributed by atoms with Gasteiger partial charge >= 0.3 is 0 Å². The summed E-state index contributed by atoms with van der Waals surface area (Å²) in [5.41, 5.74) is 1.32. The molecule has 0 unspecified atom stereocenters. The Morgan fingerprint density at radius 1 is 1.67 bits per heavy atom. The fourth-order valence-electron chi connectivity index (χ4n) is 1.08. The third-order valence-corrected chi connectivity index (χ3v) is 2.00. The molecule has 2 nitrogen and oxygen atoms in total. The van der Waals surface area contributed by atoms with Crippen molar-refractivity contribution in [3.63, 3.8) is 0 Å². The molecule has 0 aliphatic carbocycles. The van der Waals surface area contributed by atoms with E-state index in [0.29, 0.717) is 10.7 Å². The maximum Gasteiger partial charge on any atom is 0.168 e. The predicted octanol–water partition coefficient (Wildman–Crippen LogP) is 2.50. The highest BCUT2D eigenvalue weighted by Gasteiger charge is 2.05. The molecule has 0 atom stereocenters. The van der Waals surface area contributed by atoms with Crippen molar-refractivity contribution in [3.05, 3.63) is 28.5 Å². The summed E-state index contributed by atoms with van der Waals surface area (Å²) in [6.45, 7) is 2.04. The zero-order valence-corrected chi connectivity index (χ0v) is 7.64. The van der Waals surface area contributed by atoms with Gasteiger partial charge in [0.25, 0.3) is 0 Å². The minimum Gasteiger partial charge on any atom is -0.296 e. The molecule has 1 heterocycles. The van der Waals surface area contributed by atoms with E-state index in [4.69, 9.17) is 11.6 Å². The SMILES string of the molecule is CCCc1c(Cl)ccnc1C=O. The number of nitrogens with zero attached hydrogens (tertiary/aromatic N) is 1. The molecule has 1 rings (SSSR count). The Hall–Kier alpha value is -0.890. The fourth-order valence-corrected chi connectivity index (χ4v) is 1.33. The van der Waals surface area contributed by atoms with Crippen LogP contribution in [0.2, 0.25) is 5.02 Å². The van der Waals surface area contributed by atoms with Gasteiger partial charge in [-0.1, -0.05) is 24.9 Å². The molecule has 0 radical (unpaired) electrons. The van der Waals surface area contributed by atoms with Crippen molar-refractivity contribution in [2.75, 3.05) is 0 Å². The summed E-state index contributed by atoms with van der Waals surface area (Å²) in [7, 11) is 0. The second-order valence-electron chi connectivity index (χ2n) is 2.52. The third-order valence-electron chi connectivity index (χ3n) is 1.64. The Morgan fingerprint density at radius 3 is 3.00 bits per heavy atom. The van der Waals surface area contributed by atoms with Crippen LogP contribution in [0.15, 0.2) is 12.3 Å². The summed E-state index contributed by atoms with van der Waals surface area (Å²) in [6.07, 6.45) is 4.06. The average Bonchev–Trinajstić information content (AvgIpc) is 2.09. The topological polar surface area (TPSA) is 30.0 Å². The van der Waals surface area contributed by atoms with Crippen LogP contribution in [-0.4, -0.2) is 11.3 Å². The highest BCUT2D eigenvalue weighted by molar-refractivity contribution is 6.31. The number of rotatable bonds is 3. The molecule has 0 amide bonds. The van der Waals surface area contributed by atoms with Gasteiger partial charge < -0.3 is 0 Å². The number of pyridine rings is 1. The van der Waals surface area contributed by atoms with Crippen LogP contribution in [0.25, 0.3) is 0 Å². The third kappa shape index (κ3) is 1.83. The molecule has 1 aromatic rings. The molecule has 0 bridgehead atoms. The van der Waals surface area contributed by atoms with Gasteiger partial charge in [0.05, 0.1) is 0 Å². The van der Waals surface area contributed by atoms with Crippen LogP contribution in [0.5, 0.6) is 0 Å². The van der Waals surface area contributed by atoms with Gasteiger partial charge in [-0.25, -0.2) is 0 Å². The second kappa shape index (κ2) is 4.21. The first-order valence-corrected chi connectivity index (χ1v) is 4.26. The molecule has 0 spiro atoms. The van der Waals surface area contributed by atoms with Gasteiger partial charge in [0.15, 0.2) is 6.29 Å². The van der Waals surface area contributed by atoms with E-state index < -0.39 is 0 Å². The standard InChI is InChI=1S/C9H10ClNO/c1-2-3-7-8(10)4-5-11-9(7)6-12/h4-6H,2-3H2,1H3. The van der Waals surface area contributed by atoms with Crippen LogP contribution in [-0.2, 0) is 6.42 Å². The van der Waals surface area contributed by atoms with Gasteiger partial charge in [-0.2, -0.15) is 0 Å². The van der Waals surface area contributed by atoms with E-state index in [1.165, 1.54) is 0 Å². The molecule has 12 heavy (non-hydrogen) atoms. The molecule has 0 fully saturated rings. The molecule has 0 N–H and O–H groups in total. The van der Waals surface area contributed by atoms with Gasteiger partial charge in [0.1, 0.15) is 5.69 Å². The van der Waals surface area contributed by atoms with Crippen LogP contribution in [0.1, 0.15) is 29.4 Å².